The summed E-state index contributed by atoms with van der Waals surface area (Å²) in [6, 6.07) is 7.86. The van der Waals surface area contributed by atoms with Crippen molar-refractivity contribution < 1.29 is 9.84 Å². The van der Waals surface area contributed by atoms with E-state index in [1.54, 1.807) is 0 Å². The first-order valence-corrected chi connectivity index (χ1v) is 9.09. The summed E-state index contributed by atoms with van der Waals surface area (Å²) in [5, 5.41) is 16.2. The molecular formula is C19H32N4O2. The minimum absolute atomic E-state index is 0.0307. The molecule has 1 aromatic carbocycles. The maximum absolute atomic E-state index is 9.45. The van der Waals surface area contributed by atoms with E-state index in [0.717, 1.165) is 56.5 Å². The molecule has 1 aliphatic heterocycles. The minimum atomic E-state index is 0.0307. The van der Waals surface area contributed by atoms with Crippen molar-refractivity contribution in [3.05, 3.63) is 35.4 Å². The lowest BCUT2D eigenvalue weighted by molar-refractivity contribution is -0.00834. The van der Waals surface area contributed by atoms with E-state index >= 15 is 0 Å². The van der Waals surface area contributed by atoms with Crippen LogP contribution in [0.1, 0.15) is 31.9 Å². The van der Waals surface area contributed by atoms with Gasteiger partial charge in [0.1, 0.15) is 0 Å². The van der Waals surface area contributed by atoms with Gasteiger partial charge in [-0.25, -0.2) is 4.99 Å². The Morgan fingerprint density at radius 2 is 1.88 bits per heavy atom. The third kappa shape index (κ3) is 5.99. The highest BCUT2D eigenvalue weighted by molar-refractivity contribution is 5.79. The Morgan fingerprint density at radius 1 is 1.20 bits per heavy atom. The van der Waals surface area contributed by atoms with E-state index in [-0.39, 0.29) is 12.1 Å². The second-order valence-electron chi connectivity index (χ2n) is 6.89. The molecule has 1 saturated heterocycles. The molecule has 6 nitrogen and oxygen atoms in total. The maximum Gasteiger partial charge on any atom is 0.191 e. The molecule has 25 heavy (non-hydrogen) atoms. The number of hydrogen-bond donors (Lipinski definition) is 3. The Kier molecular flexibility index (Phi) is 7.68. The van der Waals surface area contributed by atoms with E-state index in [9.17, 15) is 5.11 Å². The molecule has 1 aliphatic rings. The maximum atomic E-state index is 9.45. The molecule has 0 aromatic heterocycles. The molecule has 0 unspecified atom stereocenters. The van der Waals surface area contributed by atoms with Gasteiger partial charge in [0.2, 0.25) is 0 Å². The molecule has 1 aromatic rings. The SMILES string of the molecule is CCNC(=NCc1ccccc1CO)NCC(C)(C)N1CCOCC1. The van der Waals surface area contributed by atoms with Gasteiger partial charge < -0.3 is 20.5 Å². The van der Waals surface area contributed by atoms with Crippen LogP contribution in [-0.2, 0) is 17.9 Å². The molecule has 0 amide bonds. The predicted octanol–water partition coefficient (Wildman–Crippen LogP) is 1.34. The highest BCUT2D eigenvalue weighted by Crippen LogP contribution is 2.15. The summed E-state index contributed by atoms with van der Waals surface area (Å²) in [7, 11) is 0. The average Bonchev–Trinajstić information content (AvgIpc) is 2.65. The smallest absolute Gasteiger partial charge is 0.191 e. The van der Waals surface area contributed by atoms with Gasteiger partial charge in [-0.1, -0.05) is 24.3 Å². The molecule has 1 fully saturated rings. The zero-order valence-electron chi connectivity index (χ0n) is 15.7. The van der Waals surface area contributed by atoms with Gasteiger partial charge in [-0.15, -0.1) is 0 Å². The summed E-state index contributed by atoms with van der Waals surface area (Å²) in [5.41, 5.74) is 2.01. The van der Waals surface area contributed by atoms with Crippen LogP contribution in [0.5, 0.6) is 0 Å². The lowest BCUT2D eigenvalue weighted by atomic mass is 10.0. The number of benzene rings is 1. The number of hydrogen-bond acceptors (Lipinski definition) is 4. The van der Waals surface area contributed by atoms with Crippen molar-refractivity contribution in [2.75, 3.05) is 39.4 Å². The Morgan fingerprint density at radius 3 is 2.52 bits per heavy atom. The fraction of sp³-hybridized carbons (Fsp3) is 0.632. The summed E-state index contributed by atoms with van der Waals surface area (Å²) < 4.78 is 5.45. The van der Waals surface area contributed by atoms with Crippen LogP contribution in [-0.4, -0.2) is 60.9 Å². The van der Waals surface area contributed by atoms with Crippen molar-refractivity contribution in [2.24, 2.45) is 4.99 Å². The third-order valence-electron chi connectivity index (χ3n) is 4.60. The lowest BCUT2D eigenvalue weighted by Gasteiger charge is -2.41. The van der Waals surface area contributed by atoms with Crippen molar-refractivity contribution >= 4 is 5.96 Å². The van der Waals surface area contributed by atoms with Crippen LogP contribution in [0.3, 0.4) is 0 Å². The second-order valence-corrected chi connectivity index (χ2v) is 6.89. The summed E-state index contributed by atoms with van der Waals surface area (Å²) in [6.45, 7) is 12.3. The average molecular weight is 348 g/mol. The van der Waals surface area contributed by atoms with Crippen LogP contribution < -0.4 is 10.6 Å². The number of nitrogens with zero attached hydrogens (tertiary/aromatic N) is 2. The second kappa shape index (κ2) is 9.75. The molecule has 0 spiro atoms. The largest absolute Gasteiger partial charge is 0.392 e. The van der Waals surface area contributed by atoms with Gasteiger partial charge in [0.25, 0.3) is 0 Å². The van der Waals surface area contributed by atoms with E-state index in [0.29, 0.717) is 6.54 Å². The van der Waals surface area contributed by atoms with E-state index in [1.165, 1.54) is 0 Å². The van der Waals surface area contributed by atoms with Crippen LogP contribution in [0.2, 0.25) is 0 Å². The van der Waals surface area contributed by atoms with E-state index < -0.39 is 0 Å². The van der Waals surface area contributed by atoms with Gasteiger partial charge in [-0.3, -0.25) is 4.90 Å². The monoisotopic (exact) mass is 348 g/mol. The fourth-order valence-electron chi connectivity index (χ4n) is 2.95. The molecule has 6 heteroatoms. The summed E-state index contributed by atoms with van der Waals surface area (Å²) >= 11 is 0. The normalized spacial score (nSPS) is 16.7. The van der Waals surface area contributed by atoms with Crippen LogP contribution in [0.15, 0.2) is 29.3 Å². The molecule has 0 saturated carbocycles. The Balaban J connectivity index is 1.97. The van der Waals surface area contributed by atoms with E-state index in [1.807, 2.05) is 24.3 Å². The van der Waals surface area contributed by atoms with Crippen molar-refractivity contribution in [1.29, 1.82) is 0 Å². The molecule has 1 heterocycles. The summed E-state index contributed by atoms with van der Waals surface area (Å²) in [6.07, 6.45) is 0. The number of aliphatic hydroxyl groups is 1. The highest BCUT2D eigenvalue weighted by atomic mass is 16.5. The van der Waals surface area contributed by atoms with Gasteiger partial charge in [0.05, 0.1) is 26.4 Å². The molecule has 0 bridgehead atoms. The van der Waals surface area contributed by atoms with E-state index in [4.69, 9.17) is 4.74 Å². The standard InChI is InChI=1S/C19H32N4O2/c1-4-20-18(21-13-16-7-5-6-8-17(16)14-24)22-15-19(2,3)23-9-11-25-12-10-23/h5-8,24H,4,9-15H2,1-3H3,(H2,20,21,22). The van der Waals surface area contributed by atoms with E-state index in [2.05, 4.69) is 41.3 Å². The number of aliphatic imine (C=N–C) groups is 1. The predicted molar refractivity (Wildman–Crippen MR) is 102 cm³/mol. The first-order valence-electron chi connectivity index (χ1n) is 9.09. The van der Waals surface area contributed by atoms with Crippen molar-refractivity contribution in [1.82, 2.24) is 15.5 Å². The molecule has 2 rings (SSSR count). The van der Waals surface area contributed by atoms with Gasteiger partial charge in [0.15, 0.2) is 5.96 Å². The van der Waals surface area contributed by atoms with Gasteiger partial charge in [0, 0.05) is 31.7 Å². The fourth-order valence-corrected chi connectivity index (χ4v) is 2.95. The number of nitrogens with one attached hydrogen (secondary N) is 2. The number of guanidine groups is 1. The number of morpholine rings is 1. The van der Waals surface area contributed by atoms with Crippen molar-refractivity contribution in [3.63, 3.8) is 0 Å². The topological polar surface area (TPSA) is 69.1 Å². The summed E-state index contributed by atoms with van der Waals surface area (Å²) in [4.78, 5) is 7.13. The van der Waals surface area contributed by atoms with Crippen LogP contribution in [0, 0.1) is 0 Å². The first kappa shape index (κ1) is 19.7. The van der Waals surface area contributed by atoms with Crippen molar-refractivity contribution in [2.45, 2.75) is 39.5 Å². The zero-order valence-corrected chi connectivity index (χ0v) is 15.7. The van der Waals surface area contributed by atoms with Crippen LogP contribution in [0.4, 0.5) is 0 Å². The molecular weight excluding hydrogens is 316 g/mol. The van der Waals surface area contributed by atoms with Crippen molar-refractivity contribution in [3.8, 4) is 0 Å². The summed E-state index contributed by atoms with van der Waals surface area (Å²) in [5.74, 6) is 0.802. The van der Waals surface area contributed by atoms with Gasteiger partial charge in [-0.2, -0.15) is 0 Å². The molecule has 3 N–H and O–H groups in total. The lowest BCUT2D eigenvalue weighted by Crippen LogP contribution is -2.56. The zero-order chi connectivity index (χ0) is 18.1. The first-order chi connectivity index (χ1) is 12.1. The number of aliphatic hydroxyl groups excluding tert-OH is 1. The number of ether oxygens (including phenoxy) is 1. The van der Waals surface area contributed by atoms with Crippen LogP contribution in [0.25, 0.3) is 0 Å². The van der Waals surface area contributed by atoms with Gasteiger partial charge in [-0.05, 0) is 31.9 Å². The minimum Gasteiger partial charge on any atom is -0.392 e. The molecule has 0 radical (unpaired) electrons. The highest BCUT2D eigenvalue weighted by Gasteiger charge is 2.28. The Labute approximate surface area is 151 Å². The molecule has 140 valence electrons. The van der Waals surface area contributed by atoms with Gasteiger partial charge >= 0.3 is 0 Å². The Hall–Kier alpha value is -1.63. The number of rotatable bonds is 7. The van der Waals surface area contributed by atoms with Crippen LogP contribution >= 0.6 is 0 Å². The molecule has 0 atom stereocenters. The quantitative estimate of drug-likeness (QED) is 0.513. The Bertz CT molecular complexity index is 554. The molecule has 0 aliphatic carbocycles. The third-order valence-corrected chi connectivity index (χ3v) is 4.60.